The zero-order valence-corrected chi connectivity index (χ0v) is 21.9. The molecule has 3 aromatic carbocycles. The summed E-state index contributed by atoms with van der Waals surface area (Å²) in [5, 5.41) is 2.36. The summed E-state index contributed by atoms with van der Waals surface area (Å²) in [5.74, 6) is -1.03. The summed E-state index contributed by atoms with van der Waals surface area (Å²) >= 11 is 0. The summed E-state index contributed by atoms with van der Waals surface area (Å²) in [6.45, 7) is 1.79. The van der Waals surface area contributed by atoms with Crippen molar-refractivity contribution in [2.75, 3.05) is 0 Å². The summed E-state index contributed by atoms with van der Waals surface area (Å²) < 4.78 is 127. The zero-order valence-electron chi connectivity index (χ0n) is 20.3. The van der Waals surface area contributed by atoms with Crippen LogP contribution in [0.3, 0.4) is 0 Å². The highest BCUT2D eigenvalue weighted by molar-refractivity contribution is 7.93. The Bertz CT molecular complexity index is 1590. The molecular formula is C25H21F6NO5S2. The number of benzene rings is 3. The van der Waals surface area contributed by atoms with Crippen LogP contribution in [0.25, 0.3) is 0 Å². The first-order valence-corrected chi connectivity index (χ1v) is 14.0. The number of halogens is 6. The Morgan fingerprint density at radius 2 is 1.15 bits per heavy atom. The minimum absolute atomic E-state index is 0.274. The Balaban J connectivity index is 1.77. The van der Waals surface area contributed by atoms with Gasteiger partial charge >= 0.3 is 12.4 Å². The smallest absolute Gasteiger partial charge is 0.351 e. The van der Waals surface area contributed by atoms with Gasteiger partial charge in [-0.15, -0.1) is 0 Å². The topological polar surface area (TPSA) is 97.4 Å². The molecule has 0 heterocycles. The molecular weight excluding hydrogens is 572 g/mol. The highest BCUT2D eigenvalue weighted by atomic mass is 32.2. The Hall–Kier alpha value is -3.39. The van der Waals surface area contributed by atoms with Crippen LogP contribution < -0.4 is 5.32 Å². The molecule has 3 rings (SSSR count). The predicted molar refractivity (Wildman–Crippen MR) is 128 cm³/mol. The summed E-state index contributed by atoms with van der Waals surface area (Å²) in [5.41, 5.74) is -2.01. The van der Waals surface area contributed by atoms with E-state index >= 15 is 0 Å². The summed E-state index contributed by atoms with van der Waals surface area (Å²) in [4.78, 5) is 11.2. The number of hydrogen-bond acceptors (Lipinski definition) is 5. The van der Waals surface area contributed by atoms with Gasteiger partial charge in [-0.25, -0.2) is 16.8 Å². The van der Waals surface area contributed by atoms with Crippen molar-refractivity contribution in [1.29, 1.82) is 0 Å². The van der Waals surface area contributed by atoms with Crippen LogP contribution in [-0.4, -0.2) is 27.5 Å². The summed E-state index contributed by atoms with van der Waals surface area (Å²) in [6.07, 6.45) is -9.53. The number of rotatable bonds is 7. The van der Waals surface area contributed by atoms with Gasteiger partial charge in [0, 0.05) is 6.54 Å². The second-order valence-electron chi connectivity index (χ2n) is 8.89. The van der Waals surface area contributed by atoms with Gasteiger partial charge in [-0.2, -0.15) is 26.3 Å². The molecule has 14 heteroatoms. The van der Waals surface area contributed by atoms with Crippen LogP contribution in [0.2, 0.25) is 0 Å². The van der Waals surface area contributed by atoms with Gasteiger partial charge in [0.2, 0.25) is 15.7 Å². The molecule has 39 heavy (non-hydrogen) atoms. The molecule has 0 radical (unpaired) electrons. The van der Waals surface area contributed by atoms with Crippen LogP contribution in [-0.2, 0) is 43.4 Å². The van der Waals surface area contributed by atoms with E-state index in [1.807, 2.05) is 0 Å². The quantitative estimate of drug-likeness (QED) is 0.369. The van der Waals surface area contributed by atoms with Crippen molar-refractivity contribution >= 4 is 25.6 Å². The number of nitrogens with one attached hydrogen (secondary N) is 1. The normalized spacial score (nSPS) is 13.2. The number of carbonyl (C=O) groups excluding carboxylic acids is 1. The lowest BCUT2D eigenvalue weighted by Crippen LogP contribution is -2.47. The lowest BCUT2D eigenvalue weighted by molar-refractivity contribution is -0.138. The van der Waals surface area contributed by atoms with Crippen LogP contribution in [0.4, 0.5) is 26.3 Å². The Morgan fingerprint density at radius 1 is 0.692 bits per heavy atom. The van der Waals surface area contributed by atoms with Crippen molar-refractivity contribution in [3.05, 3.63) is 89.5 Å². The van der Waals surface area contributed by atoms with Gasteiger partial charge in [-0.05, 0) is 67.9 Å². The molecule has 0 saturated heterocycles. The van der Waals surface area contributed by atoms with Crippen LogP contribution in [0.1, 0.15) is 30.5 Å². The van der Waals surface area contributed by atoms with Gasteiger partial charge in [0.05, 0.1) is 25.8 Å². The second-order valence-corrected chi connectivity index (χ2v) is 13.3. The maximum atomic E-state index is 13.0. The summed E-state index contributed by atoms with van der Waals surface area (Å²) in [6, 6.07) is 11.0. The standard InChI is InChI=1S/C25H21F6NO5S2/c1-23(2,39(36,37)21-8-4-6-18(14-21)25(29,30)31)22(33)32-15-16-9-11-19(12-10-16)38(34,35)20-7-3-5-17(13-20)24(26,27)28/h3-14H,15H2,1-2H3,(H,32,33). The Kier molecular flexibility index (Phi) is 7.96. The SMILES string of the molecule is CC(C)(C(=O)NCc1ccc(S(=O)(=O)c2cccc(C(F)(F)F)c2)cc1)S(=O)(=O)c1cccc(C(F)(F)F)c1. The fourth-order valence-electron chi connectivity index (χ4n) is 3.41. The van der Waals surface area contributed by atoms with Crippen LogP contribution in [0.5, 0.6) is 0 Å². The van der Waals surface area contributed by atoms with E-state index in [0.29, 0.717) is 23.8 Å². The Morgan fingerprint density at radius 3 is 1.64 bits per heavy atom. The highest BCUT2D eigenvalue weighted by Crippen LogP contribution is 2.34. The number of carbonyl (C=O) groups is 1. The third-order valence-corrected chi connectivity index (χ3v) is 10.0. The fourth-order valence-corrected chi connectivity index (χ4v) is 6.17. The number of alkyl halides is 6. The van der Waals surface area contributed by atoms with E-state index in [2.05, 4.69) is 5.32 Å². The third-order valence-electron chi connectivity index (χ3n) is 5.85. The second kappa shape index (κ2) is 10.3. The molecule has 0 aliphatic heterocycles. The average molecular weight is 594 g/mol. The molecule has 1 N–H and O–H groups in total. The maximum absolute atomic E-state index is 13.0. The molecule has 0 aromatic heterocycles. The number of sulfone groups is 2. The van der Waals surface area contributed by atoms with Crippen molar-refractivity contribution in [1.82, 2.24) is 5.32 Å². The van der Waals surface area contributed by atoms with E-state index < -0.39 is 63.6 Å². The molecule has 0 unspecified atom stereocenters. The largest absolute Gasteiger partial charge is 0.416 e. The van der Waals surface area contributed by atoms with Crippen molar-refractivity contribution in [2.24, 2.45) is 0 Å². The number of hydrogen-bond donors (Lipinski definition) is 1. The van der Waals surface area contributed by atoms with Crippen LogP contribution >= 0.6 is 0 Å². The maximum Gasteiger partial charge on any atom is 0.416 e. The number of amides is 1. The molecule has 0 aliphatic carbocycles. The lowest BCUT2D eigenvalue weighted by Gasteiger charge is -2.24. The molecule has 0 aliphatic rings. The van der Waals surface area contributed by atoms with E-state index in [4.69, 9.17) is 0 Å². The van der Waals surface area contributed by atoms with E-state index in [1.165, 1.54) is 12.1 Å². The van der Waals surface area contributed by atoms with E-state index in [-0.39, 0.29) is 11.4 Å². The monoisotopic (exact) mass is 593 g/mol. The molecule has 6 nitrogen and oxygen atoms in total. The molecule has 3 aromatic rings. The van der Waals surface area contributed by atoms with E-state index in [0.717, 1.165) is 56.3 Å². The molecule has 0 atom stereocenters. The first kappa shape index (κ1) is 30.2. The summed E-state index contributed by atoms with van der Waals surface area (Å²) in [7, 11) is -8.87. The van der Waals surface area contributed by atoms with Crippen molar-refractivity contribution in [2.45, 2.75) is 52.2 Å². The molecule has 210 valence electrons. The molecule has 1 amide bonds. The fraction of sp³-hybridized carbons (Fsp3) is 0.240. The van der Waals surface area contributed by atoms with Gasteiger partial charge in [-0.3, -0.25) is 4.79 Å². The molecule has 0 saturated carbocycles. The lowest BCUT2D eigenvalue weighted by atomic mass is 10.1. The molecule has 0 bridgehead atoms. The van der Waals surface area contributed by atoms with Gasteiger partial charge in [-0.1, -0.05) is 24.3 Å². The highest BCUT2D eigenvalue weighted by Gasteiger charge is 2.43. The van der Waals surface area contributed by atoms with Crippen LogP contribution in [0, 0.1) is 0 Å². The molecule has 0 fully saturated rings. The minimum atomic E-state index is -4.79. The third kappa shape index (κ3) is 6.27. The van der Waals surface area contributed by atoms with Crippen molar-refractivity contribution in [3.8, 4) is 0 Å². The van der Waals surface area contributed by atoms with Gasteiger partial charge in [0.25, 0.3) is 0 Å². The first-order valence-electron chi connectivity index (χ1n) is 11.0. The van der Waals surface area contributed by atoms with E-state index in [9.17, 15) is 48.0 Å². The van der Waals surface area contributed by atoms with Crippen molar-refractivity contribution in [3.63, 3.8) is 0 Å². The average Bonchev–Trinajstić information content (AvgIpc) is 2.86. The zero-order chi connectivity index (χ0) is 29.4. The minimum Gasteiger partial charge on any atom is -0.351 e. The first-order chi connectivity index (χ1) is 17.8. The predicted octanol–water partition coefficient (Wildman–Crippen LogP) is 5.43. The molecule has 0 spiro atoms. The van der Waals surface area contributed by atoms with Crippen molar-refractivity contribution < 1.29 is 48.0 Å². The Labute approximate surface area is 220 Å². The van der Waals surface area contributed by atoms with Gasteiger partial charge in [0.1, 0.15) is 4.75 Å². The van der Waals surface area contributed by atoms with Crippen LogP contribution in [0.15, 0.2) is 87.5 Å². The van der Waals surface area contributed by atoms with E-state index in [1.54, 1.807) is 0 Å². The van der Waals surface area contributed by atoms with Gasteiger partial charge in [0.15, 0.2) is 9.84 Å². The van der Waals surface area contributed by atoms with Gasteiger partial charge < -0.3 is 5.32 Å².